The summed E-state index contributed by atoms with van der Waals surface area (Å²) < 4.78 is 18.0. The molecule has 7 nitrogen and oxygen atoms in total. The van der Waals surface area contributed by atoms with Crippen molar-refractivity contribution in [1.29, 1.82) is 0 Å². The molecule has 1 aromatic rings. The SMILES string of the molecule is COCC(C)NC(=O)CNc1ccc(F)c([N+](=O)[O-])c1. The second-order valence-corrected chi connectivity index (χ2v) is 4.20. The number of methoxy groups -OCH3 is 1. The van der Waals surface area contributed by atoms with E-state index in [-0.39, 0.29) is 18.5 Å². The van der Waals surface area contributed by atoms with Crippen molar-refractivity contribution in [3.63, 3.8) is 0 Å². The molecule has 0 heterocycles. The van der Waals surface area contributed by atoms with Crippen LogP contribution in [0.3, 0.4) is 0 Å². The molecule has 2 N–H and O–H groups in total. The molecule has 0 radical (unpaired) electrons. The highest BCUT2D eigenvalue weighted by molar-refractivity contribution is 5.81. The van der Waals surface area contributed by atoms with Gasteiger partial charge in [0, 0.05) is 24.9 Å². The normalized spacial score (nSPS) is 11.8. The number of nitro groups is 1. The van der Waals surface area contributed by atoms with Gasteiger partial charge in [-0.2, -0.15) is 4.39 Å². The van der Waals surface area contributed by atoms with Gasteiger partial charge in [0.15, 0.2) is 0 Å². The smallest absolute Gasteiger partial charge is 0.306 e. The van der Waals surface area contributed by atoms with Crippen molar-refractivity contribution in [3.05, 3.63) is 34.1 Å². The molecule has 1 atom stereocenters. The molecule has 0 aliphatic rings. The van der Waals surface area contributed by atoms with E-state index in [0.29, 0.717) is 12.3 Å². The summed E-state index contributed by atoms with van der Waals surface area (Å²) in [5.74, 6) is -1.21. The van der Waals surface area contributed by atoms with Crippen LogP contribution in [0.25, 0.3) is 0 Å². The molecular weight excluding hydrogens is 269 g/mol. The molecule has 0 aliphatic heterocycles. The van der Waals surface area contributed by atoms with Gasteiger partial charge in [-0.25, -0.2) is 0 Å². The minimum atomic E-state index is -0.918. The topological polar surface area (TPSA) is 93.5 Å². The van der Waals surface area contributed by atoms with Crippen LogP contribution in [0, 0.1) is 15.9 Å². The van der Waals surface area contributed by atoms with E-state index in [4.69, 9.17) is 4.74 Å². The maximum absolute atomic E-state index is 13.1. The van der Waals surface area contributed by atoms with Crippen molar-refractivity contribution in [2.24, 2.45) is 0 Å². The van der Waals surface area contributed by atoms with Crippen molar-refractivity contribution in [2.75, 3.05) is 25.6 Å². The Balaban J connectivity index is 2.55. The lowest BCUT2D eigenvalue weighted by Gasteiger charge is -2.13. The molecule has 1 aromatic carbocycles. The Morgan fingerprint density at radius 1 is 1.55 bits per heavy atom. The molecule has 8 heteroatoms. The van der Waals surface area contributed by atoms with Gasteiger partial charge in [0.05, 0.1) is 18.1 Å². The van der Waals surface area contributed by atoms with Crippen molar-refractivity contribution in [3.8, 4) is 0 Å². The Kier molecular flexibility index (Phi) is 5.85. The molecule has 0 saturated carbocycles. The van der Waals surface area contributed by atoms with Crippen LogP contribution in [-0.4, -0.2) is 37.1 Å². The van der Waals surface area contributed by atoms with Gasteiger partial charge in [0.2, 0.25) is 11.7 Å². The molecular formula is C12H16FN3O4. The Hall–Kier alpha value is -2.22. The van der Waals surface area contributed by atoms with Crippen LogP contribution in [0.1, 0.15) is 6.92 Å². The Labute approximate surface area is 115 Å². The number of ether oxygens (including phenoxy) is 1. The minimum Gasteiger partial charge on any atom is -0.383 e. The molecule has 1 amide bonds. The van der Waals surface area contributed by atoms with E-state index in [1.54, 1.807) is 6.92 Å². The van der Waals surface area contributed by atoms with Gasteiger partial charge in [-0.15, -0.1) is 0 Å². The number of anilines is 1. The van der Waals surface area contributed by atoms with Crippen LogP contribution in [0.4, 0.5) is 15.8 Å². The minimum absolute atomic E-state index is 0.0726. The maximum Gasteiger partial charge on any atom is 0.306 e. The van der Waals surface area contributed by atoms with E-state index in [1.165, 1.54) is 13.2 Å². The van der Waals surface area contributed by atoms with Crippen molar-refractivity contribution in [1.82, 2.24) is 5.32 Å². The first-order chi connectivity index (χ1) is 9.43. The summed E-state index contributed by atoms with van der Waals surface area (Å²) in [7, 11) is 1.53. The molecule has 110 valence electrons. The highest BCUT2D eigenvalue weighted by atomic mass is 19.1. The number of nitrogens with one attached hydrogen (secondary N) is 2. The predicted molar refractivity (Wildman–Crippen MR) is 71.0 cm³/mol. The number of halogens is 1. The van der Waals surface area contributed by atoms with Gasteiger partial charge in [0.1, 0.15) is 0 Å². The summed E-state index contributed by atoms with van der Waals surface area (Å²) in [4.78, 5) is 21.3. The number of benzene rings is 1. The predicted octanol–water partition coefficient (Wildman–Crippen LogP) is 1.30. The molecule has 0 fully saturated rings. The highest BCUT2D eigenvalue weighted by Crippen LogP contribution is 2.21. The van der Waals surface area contributed by atoms with E-state index >= 15 is 0 Å². The van der Waals surface area contributed by atoms with Gasteiger partial charge < -0.3 is 15.4 Å². The average Bonchev–Trinajstić information content (AvgIpc) is 2.37. The van der Waals surface area contributed by atoms with E-state index in [0.717, 1.165) is 12.1 Å². The zero-order valence-corrected chi connectivity index (χ0v) is 11.2. The zero-order chi connectivity index (χ0) is 15.1. The first kappa shape index (κ1) is 15.8. The summed E-state index contributed by atoms with van der Waals surface area (Å²) in [6, 6.07) is 3.21. The number of carbonyl (C=O) groups is 1. The van der Waals surface area contributed by atoms with Crippen molar-refractivity contribution < 1.29 is 18.8 Å². The van der Waals surface area contributed by atoms with Crippen molar-refractivity contribution >= 4 is 17.3 Å². The third kappa shape index (κ3) is 4.81. The number of nitro benzene ring substituents is 1. The molecule has 0 aromatic heterocycles. The van der Waals surface area contributed by atoms with Gasteiger partial charge in [-0.1, -0.05) is 0 Å². The maximum atomic E-state index is 13.1. The van der Waals surface area contributed by atoms with Crippen LogP contribution >= 0.6 is 0 Å². The first-order valence-corrected chi connectivity index (χ1v) is 5.90. The number of nitrogens with zero attached hydrogens (tertiary/aromatic N) is 1. The fourth-order valence-corrected chi connectivity index (χ4v) is 1.56. The quantitative estimate of drug-likeness (QED) is 0.581. The van der Waals surface area contributed by atoms with Crippen LogP contribution in [0.5, 0.6) is 0 Å². The zero-order valence-electron chi connectivity index (χ0n) is 11.2. The lowest BCUT2D eigenvalue weighted by atomic mass is 10.2. The summed E-state index contributed by atoms with van der Waals surface area (Å²) >= 11 is 0. The highest BCUT2D eigenvalue weighted by Gasteiger charge is 2.14. The molecule has 1 rings (SSSR count). The molecule has 0 spiro atoms. The van der Waals surface area contributed by atoms with Crippen LogP contribution in [0.15, 0.2) is 18.2 Å². The monoisotopic (exact) mass is 285 g/mol. The van der Waals surface area contributed by atoms with E-state index in [1.807, 2.05) is 0 Å². The molecule has 1 unspecified atom stereocenters. The number of hydrogen-bond donors (Lipinski definition) is 2. The van der Waals surface area contributed by atoms with Crippen LogP contribution < -0.4 is 10.6 Å². The summed E-state index contributed by atoms with van der Waals surface area (Å²) in [6.45, 7) is 2.09. The fourth-order valence-electron chi connectivity index (χ4n) is 1.56. The van der Waals surface area contributed by atoms with E-state index in [9.17, 15) is 19.3 Å². The lowest BCUT2D eigenvalue weighted by Crippen LogP contribution is -2.39. The largest absolute Gasteiger partial charge is 0.383 e. The van der Waals surface area contributed by atoms with Crippen LogP contribution in [-0.2, 0) is 9.53 Å². The molecule has 0 saturated heterocycles. The van der Waals surface area contributed by atoms with Gasteiger partial charge in [-0.05, 0) is 19.1 Å². The van der Waals surface area contributed by atoms with E-state index in [2.05, 4.69) is 10.6 Å². The van der Waals surface area contributed by atoms with Gasteiger partial charge >= 0.3 is 5.69 Å². The van der Waals surface area contributed by atoms with Gasteiger partial charge in [-0.3, -0.25) is 14.9 Å². The van der Waals surface area contributed by atoms with Crippen molar-refractivity contribution in [2.45, 2.75) is 13.0 Å². The Bertz CT molecular complexity index is 496. The average molecular weight is 285 g/mol. The third-order valence-electron chi connectivity index (χ3n) is 2.42. The second kappa shape index (κ2) is 7.39. The molecule has 20 heavy (non-hydrogen) atoms. The summed E-state index contributed by atoms with van der Waals surface area (Å²) in [6.07, 6.45) is 0. The number of carbonyl (C=O) groups excluding carboxylic acids is 1. The lowest BCUT2D eigenvalue weighted by molar-refractivity contribution is -0.387. The first-order valence-electron chi connectivity index (χ1n) is 5.90. The summed E-state index contributed by atoms with van der Waals surface area (Å²) in [5.41, 5.74) is -0.337. The standard InChI is InChI=1S/C12H16FN3O4/c1-8(7-20-2)15-12(17)6-14-9-3-4-10(13)11(5-9)16(18)19/h3-5,8,14H,6-7H2,1-2H3,(H,15,17). The molecule has 0 bridgehead atoms. The Morgan fingerprint density at radius 2 is 2.25 bits per heavy atom. The number of rotatable bonds is 7. The van der Waals surface area contributed by atoms with Gasteiger partial charge in [0.25, 0.3) is 0 Å². The Morgan fingerprint density at radius 3 is 2.85 bits per heavy atom. The number of amides is 1. The number of hydrogen-bond acceptors (Lipinski definition) is 5. The summed E-state index contributed by atoms with van der Waals surface area (Å²) in [5, 5.41) is 15.9. The van der Waals surface area contributed by atoms with Crippen LogP contribution in [0.2, 0.25) is 0 Å². The fraction of sp³-hybridized carbons (Fsp3) is 0.417. The third-order valence-corrected chi connectivity index (χ3v) is 2.42. The molecule has 0 aliphatic carbocycles. The van der Waals surface area contributed by atoms with E-state index < -0.39 is 16.4 Å². The second-order valence-electron chi connectivity index (χ2n) is 4.20.